The van der Waals surface area contributed by atoms with Crippen molar-refractivity contribution in [3.05, 3.63) is 33.2 Å². The van der Waals surface area contributed by atoms with Crippen molar-refractivity contribution in [2.24, 2.45) is 5.92 Å². The predicted octanol–water partition coefficient (Wildman–Crippen LogP) is 2.70. The average molecular weight is 325 g/mol. The maximum Gasteiger partial charge on any atom is 0.351 e. The fourth-order valence-electron chi connectivity index (χ4n) is 4.38. The lowest BCUT2D eigenvalue weighted by atomic mass is 9.88. The molecule has 0 aliphatic carbocycles. The summed E-state index contributed by atoms with van der Waals surface area (Å²) in [6.07, 6.45) is 4.12. The molecule has 0 N–H and O–H groups in total. The Morgan fingerprint density at radius 2 is 1.96 bits per heavy atom. The molecule has 0 spiro atoms. The number of aryl methyl sites for hydroxylation is 2. The fourth-order valence-corrected chi connectivity index (χ4v) is 4.38. The molecule has 5 nitrogen and oxygen atoms in total. The van der Waals surface area contributed by atoms with E-state index in [0.29, 0.717) is 17.9 Å². The second-order valence-electron chi connectivity index (χ2n) is 7.10. The normalized spacial score (nSPS) is 22.1. The molecule has 3 aliphatic rings. The molecule has 5 rings (SSSR count). The van der Waals surface area contributed by atoms with Crippen LogP contribution < -0.4 is 15.3 Å². The van der Waals surface area contributed by atoms with E-state index in [-0.39, 0.29) is 17.3 Å². The first-order valence-electron chi connectivity index (χ1n) is 8.72. The van der Waals surface area contributed by atoms with Gasteiger partial charge in [-0.3, -0.25) is 4.79 Å². The molecular formula is C19H19NO4. The number of hydrogen-bond donors (Lipinski definition) is 0. The summed E-state index contributed by atoms with van der Waals surface area (Å²) in [5.41, 5.74) is 3.80. The van der Waals surface area contributed by atoms with E-state index in [0.717, 1.165) is 49.7 Å². The van der Waals surface area contributed by atoms with Crippen LogP contribution in [0.1, 0.15) is 41.3 Å². The number of nitrogens with zero attached hydrogens (tertiary/aromatic N) is 1. The first-order valence-corrected chi connectivity index (χ1v) is 8.72. The van der Waals surface area contributed by atoms with Gasteiger partial charge in [-0.05, 0) is 37.3 Å². The smallest absolute Gasteiger partial charge is 0.351 e. The number of carbonyl (C=O) groups is 1. The number of anilines is 1. The molecule has 3 aliphatic heterocycles. The van der Waals surface area contributed by atoms with Crippen LogP contribution in [0, 0.1) is 5.92 Å². The minimum atomic E-state index is -0.557. The van der Waals surface area contributed by atoms with E-state index < -0.39 is 5.63 Å². The standard InChI is InChI=1S/C19H19NO4/c1-10-9-23-18-13-8-11-4-2-6-20-7-3-5-12(15(11)20)17(13)24-19(22)14(18)16(10)21/h8,10H,2-7,9H2,1H3. The average Bonchev–Trinajstić information content (AvgIpc) is 2.59. The zero-order chi connectivity index (χ0) is 16.4. The van der Waals surface area contributed by atoms with E-state index >= 15 is 0 Å². The van der Waals surface area contributed by atoms with Gasteiger partial charge in [-0.25, -0.2) is 4.79 Å². The van der Waals surface area contributed by atoms with Crippen LogP contribution in [-0.2, 0) is 12.8 Å². The van der Waals surface area contributed by atoms with E-state index in [9.17, 15) is 9.59 Å². The molecule has 0 saturated heterocycles. The van der Waals surface area contributed by atoms with Crippen LogP contribution in [-0.4, -0.2) is 25.5 Å². The van der Waals surface area contributed by atoms with Crippen molar-refractivity contribution >= 4 is 22.4 Å². The first kappa shape index (κ1) is 14.1. The van der Waals surface area contributed by atoms with Gasteiger partial charge in [-0.15, -0.1) is 0 Å². The number of rotatable bonds is 0. The highest BCUT2D eigenvalue weighted by molar-refractivity contribution is 6.06. The number of fused-ring (bicyclic) bond motifs is 4. The quantitative estimate of drug-likeness (QED) is 0.697. The minimum absolute atomic E-state index is 0.0943. The Morgan fingerprint density at radius 1 is 1.17 bits per heavy atom. The van der Waals surface area contributed by atoms with Gasteiger partial charge in [0.1, 0.15) is 16.9 Å². The Hall–Kier alpha value is -2.30. The zero-order valence-corrected chi connectivity index (χ0v) is 13.7. The summed E-state index contributed by atoms with van der Waals surface area (Å²) in [5.74, 6) is -0.0321. The third-order valence-electron chi connectivity index (χ3n) is 5.51. The van der Waals surface area contributed by atoms with Gasteiger partial charge in [0.25, 0.3) is 0 Å². The van der Waals surface area contributed by atoms with E-state index in [1.165, 1.54) is 11.3 Å². The second-order valence-corrected chi connectivity index (χ2v) is 7.10. The lowest BCUT2D eigenvalue weighted by molar-refractivity contribution is 0.0844. The maximum absolute atomic E-state index is 12.5. The molecule has 1 aromatic heterocycles. The highest BCUT2D eigenvalue weighted by Gasteiger charge is 2.34. The molecule has 1 atom stereocenters. The molecular weight excluding hydrogens is 306 g/mol. The third-order valence-corrected chi connectivity index (χ3v) is 5.51. The number of ketones is 1. The molecule has 0 radical (unpaired) electrons. The Balaban J connectivity index is 1.88. The van der Waals surface area contributed by atoms with Crippen molar-refractivity contribution in [1.82, 2.24) is 0 Å². The van der Waals surface area contributed by atoms with Gasteiger partial charge in [0.05, 0.1) is 17.9 Å². The van der Waals surface area contributed by atoms with Crippen LogP contribution in [0.4, 0.5) is 5.69 Å². The maximum atomic E-state index is 12.5. The van der Waals surface area contributed by atoms with Gasteiger partial charge >= 0.3 is 5.63 Å². The molecule has 2 aromatic rings. The highest BCUT2D eigenvalue weighted by atomic mass is 16.5. The topological polar surface area (TPSA) is 59.8 Å². The molecule has 0 fully saturated rings. The van der Waals surface area contributed by atoms with E-state index in [1.54, 1.807) is 6.92 Å². The molecule has 0 saturated carbocycles. The van der Waals surface area contributed by atoms with Gasteiger partial charge in [-0.1, -0.05) is 6.92 Å². The number of hydrogen-bond acceptors (Lipinski definition) is 5. The SMILES string of the molecule is CC1COc2c(c(=O)oc3c4c5c(cc23)CCCN5CCC4)C1=O. The summed E-state index contributed by atoms with van der Waals surface area (Å²) in [4.78, 5) is 27.3. The van der Waals surface area contributed by atoms with Crippen molar-refractivity contribution in [2.45, 2.75) is 32.6 Å². The van der Waals surface area contributed by atoms with Gasteiger partial charge < -0.3 is 14.1 Å². The summed E-state index contributed by atoms with van der Waals surface area (Å²) in [6, 6.07) is 2.08. The number of carbonyl (C=O) groups excluding carboxylic acids is 1. The predicted molar refractivity (Wildman–Crippen MR) is 90.3 cm³/mol. The largest absolute Gasteiger partial charge is 0.491 e. The first-order chi connectivity index (χ1) is 11.6. The minimum Gasteiger partial charge on any atom is -0.491 e. The third kappa shape index (κ3) is 1.75. The van der Waals surface area contributed by atoms with Crippen LogP contribution in [0.15, 0.2) is 15.3 Å². The van der Waals surface area contributed by atoms with Crippen LogP contribution in [0.25, 0.3) is 11.0 Å². The molecule has 1 aromatic carbocycles. The number of benzene rings is 1. The van der Waals surface area contributed by atoms with Crippen LogP contribution in [0.3, 0.4) is 0 Å². The van der Waals surface area contributed by atoms with Crippen molar-refractivity contribution in [3.8, 4) is 5.75 Å². The molecule has 4 heterocycles. The van der Waals surface area contributed by atoms with E-state index in [4.69, 9.17) is 9.15 Å². The summed E-state index contributed by atoms with van der Waals surface area (Å²) in [5, 5.41) is 0.794. The summed E-state index contributed by atoms with van der Waals surface area (Å²) >= 11 is 0. The second kappa shape index (κ2) is 4.85. The van der Waals surface area contributed by atoms with Crippen LogP contribution >= 0.6 is 0 Å². The highest BCUT2D eigenvalue weighted by Crippen LogP contribution is 2.43. The lowest BCUT2D eigenvalue weighted by Crippen LogP contribution is -2.35. The summed E-state index contributed by atoms with van der Waals surface area (Å²) in [6.45, 7) is 4.23. The lowest BCUT2D eigenvalue weighted by Gasteiger charge is -2.37. The number of ether oxygens (including phenoxy) is 1. The monoisotopic (exact) mass is 325 g/mol. The van der Waals surface area contributed by atoms with Crippen molar-refractivity contribution in [2.75, 3.05) is 24.6 Å². The van der Waals surface area contributed by atoms with Crippen molar-refractivity contribution in [1.29, 1.82) is 0 Å². The fraction of sp³-hybridized carbons (Fsp3) is 0.474. The molecule has 0 bridgehead atoms. The van der Waals surface area contributed by atoms with Crippen LogP contribution in [0.2, 0.25) is 0 Å². The Bertz CT molecular complexity index is 941. The van der Waals surface area contributed by atoms with Gasteiger partial charge in [0.15, 0.2) is 5.78 Å². The van der Waals surface area contributed by atoms with E-state index in [2.05, 4.69) is 11.0 Å². The van der Waals surface area contributed by atoms with Gasteiger partial charge in [-0.2, -0.15) is 0 Å². The Kier molecular flexibility index (Phi) is 2.84. The molecule has 1 unspecified atom stereocenters. The van der Waals surface area contributed by atoms with Crippen molar-refractivity contribution < 1.29 is 13.9 Å². The van der Waals surface area contributed by atoms with E-state index in [1.807, 2.05) is 0 Å². The van der Waals surface area contributed by atoms with Crippen molar-refractivity contribution in [3.63, 3.8) is 0 Å². The number of Topliss-reactive ketones (excluding diaryl/α,β-unsaturated/α-hetero) is 1. The molecule has 5 heteroatoms. The Labute approximate surface area is 139 Å². The molecule has 24 heavy (non-hydrogen) atoms. The summed E-state index contributed by atoms with van der Waals surface area (Å²) in [7, 11) is 0. The van der Waals surface area contributed by atoms with Gasteiger partial charge in [0.2, 0.25) is 0 Å². The Morgan fingerprint density at radius 3 is 2.79 bits per heavy atom. The van der Waals surface area contributed by atoms with Crippen LogP contribution in [0.5, 0.6) is 5.75 Å². The summed E-state index contributed by atoms with van der Waals surface area (Å²) < 4.78 is 11.5. The molecule has 0 amide bonds. The zero-order valence-electron chi connectivity index (χ0n) is 13.7. The molecule has 124 valence electrons. The van der Waals surface area contributed by atoms with Gasteiger partial charge in [0, 0.05) is 24.3 Å².